The molecule has 1 rings (SSSR count). The third-order valence-electron chi connectivity index (χ3n) is 3.68. The van der Waals surface area contributed by atoms with E-state index in [0.29, 0.717) is 16.9 Å². The third-order valence-corrected chi connectivity index (χ3v) is 3.68. The van der Waals surface area contributed by atoms with Gasteiger partial charge >= 0.3 is 0 Å². The van der Waals surface area contributed by atoms with Crippen molar-refractivity contribution in [3.8, 4) is 0 Å². The van der Waals surface area contributed by atoms with E-state index in [4.69, 9.17) is 0 Å². The van der Waals surface area contributed by atoms with Gasteiger partial charge in [0.05, 0.1) is 6.04 Å². The first-order valence-electron chi connectivity index (χ1n) is 6.63. The highest BCUT2D eigenvalue weighted by Crippen LogP contribution is 2.45. The van der Waals surface area contributed by atoms with Gasteiger partial charge < -0.3 is 10.6 Å². The quantitative estimate of drug-likeness (QED) is 0.795. The summed E-state index contributed by atoms with van der Waals surface area (Å²) < 4.78 is 0. The van der Waals surface area contributed by atoms with Crippen LogP contribution in [0, 0.1) is 10.8 Å². The van der Waals surface area contributed by atoms with Crippen molar-refractivity contribution in [2.24, 2.45) is 10.8 Å². The summed E-state index contributed by atoms with van der Waals surface area (Å²) in [4.78, 5) is 11.5. The molecule has 0 aromatic heterocycles. The van der Waals surface area contributed by atoms with Crippen molar-refractivity contribution in [3.63, 3.8) is 0 Å². The fourth-order valence-corrected chi connectivity index (χ4v) is 3.61. The van der Waals surface area contributed by atoms with Gasteiger partial charge in [0.25, 0.3) is 0 Å². The fraction of sp³-hybridized carbons (Fsp3) is 0.929. The van der Waals surface area contributed by atoms with Crippen LogP contribution >= 0.6 is 0 Å². The molecule has 0 radical (unpaired) electrons. The number of carbonyl (C=O) groups is 1. The maximum absolute atomic E-state index is 11.5. The van der Waals surface area contributed by atoms with Crippen LogP contribution in [0.1, 0.15) is 53.9 Å². The van der Waals surface area contributed by atoms with Crippen LogP contribution in [0.4, 0.5) is 0 Å². The Morgan fingerprint density at radius 1 is 1.18 bits per heavy atom. The third kappa shape index (κ3) is 4.30. The molecule has 0 aliphatic heterocycles. The topological polar surface area (TPSA) is 41.1 Å². The highest BCUT2D eigenvalue weighted by molar-refractivity contribution is 5.80. The zero-order valence-corrected chi connectivity index (χ0v) is 12.2. The van der Waals surface area contributed by atoms with Gasteiger partial charge in [-0.3, -0.25) is 4.79 Å². The first kappa shape index (κ1) is 14.5. The Bertz CT molecular complexity index is 268. The van der Waals surface area contributed by atoms with Gasteiger partial charge in [0.1, 0.15) is 0 Å². The Labute approximate surface area is 106 Å². The van der Waals surface area contributed by atoms with Crippen LogP contribution in [-0.2, 0) is 4.79 Å². The number of hydrogen-bond acceptors (Lipinski definition) is 2. The number of nitrogens with one attached hydrogen (secondary N) is 2. The van der Waals surface area contributed by atoms with Crippen LogP contribution < -0.4 is 10.6 Å². The zero-order valence-electron chi connectivity index (χ0n) is 12.2. The number of amides is 1. The molecule has 0 heterocycles. The van der Waals surface area contributed by atoms with E-state index in [1.54, 1.807) is 7.05 Å². The Hall–Kier alpha value is -0.570. The molecule has 1 saturated carbocycles. The molecule has 0 bridgehead atoms. The van der Waals surface area contributed by atoms with E-state index in [0.717, 1.165) is 12.8 Å². The van der Waals surface area contributed by atoms with Crippen LogP contribution in [-0.4, -0.2) is 25.0 Å². The summed E-state index contributed by atoms with van der Waals surface area (Å²) in [7, 11) is 1.69. The van der Waals surface area contributed by atoms with Gasteiger partial charge in [-0.2, -0.15) is 0 Å². The van der Waals surface area contributed by atoms with Crippen molar-refractivity contribution in [1.29, 1.82) is 0 Å². The highest BCUT2D eigenvalue weighted by atomic mass is 16.2. The summed E-state index contributed by atoms with van der Waals surface area (Å²) in [6.45, 7) is 11.2. The van der Waals surface area contributed by atoms with Crippen LogP contribution in [0.3, 0.4) is 0 Å². The molecule has 0 aromatic rings. The molecule has 100 valence electrons. The molecular weight excluding hydrogens is 212 g/mol. The van der Waals surface area contributed by atoms with Crippen molar-refractivity contribution in [1.82, 2.24) is 10.6 Å². The Morgan fingerprint density at radius 3 is 2.06 bits per heavy atom. The van der Waals surface area contributed by atoms with E-state index in [1.807, 2.05) is 6.92 Å². The molecular formula is C14H28N2O. The predicted octanol–water partition coefficient (Wildman–Crippen LogP) is 2.32. The minimum Gasteiger partial charge on any atom is -0.358 e. The van der Waals surface area contributed by atoms with Crippen LogP contribution in [0.5, 0.6) is 0 Å². The maximum atomic E-state index is 11.5. The van der Waals surface area contributed by atoms with Gasteiger partial charge in [0.2, 0.25) is 5.91 Å². The number of rotatable bonds is 3. The lowest BCUT2D eigenvalue weighted by atomic mass is 9.63. The second kappa shape index (κ2) is 4.97. The lowest BCUT2D eigenvalue weighted by Crippen LogP contribution is -2.50. The van der Waals surface area contributed by atoms with Gasteiger partial charge in [-0.05, 0) is 37.0 Å². The molecule has 1 aliphatic rings. The summed E-state index contributed by atoms with van der Waals surface area (Å²) >= 11 is 0. The van der Waals surface area contributed by atoms with Crippen molar-refractivity contribution < 1.29 is 4.79 Å². The van der Waals surface area contributed by atoms with E-state index in [9.17, 15) is 4.79 Å². The molecule has 1 atom stereocenters. The Morgan fingerprint density at radius 2 is 1.65 bits per heavy atom. The molecule has 1 aliphatic carbocycles. The van der Waals surface area contributed by atoms with Crippen LogP contribution in [0.15, 0.2) is 0 Å². The number of carbonyl (C=O) groups excluding carboxylic acids is 1. The summed E-state index contributed by atoms with van der Waals surface area (Å²) in [6, 6.07) is 0.343. The molecule has 1 fully saturated rings. The average molecular weight is 240 g/mol. The fourth-order valence-electron chi connectivity index (χ4n) is 3.61. The second-order valence-corrected chi connectivity index (χ2v) is 7.11. The molecule has 3 nitrogen and oxygen atoms in total. The average Bonchev–Trinajstić information content (AvgIpc) is 2.11. The zero-order chi connectivity index (χ0) is 13.3. The van der Waals surface area contributed by atoms with E-state index in [2.05, 4.69) is 38.3 Å². The van der Waals surface area contributed by atoms with Gasteiger partial charge in [0.15, 0.2) is 0 Å². The summed E-state index contributed by atoms with van der Waals surface area (Å²) in [6.07, 6.45) is 3.56. The van der Waals surface area contributed by atoms with E-state index in [1.165, 1.54) is 6.42 Å². The van der Waals surface area contributed by atoms with Crippen LogP contribution in [0.25, 0.3) is 0 Å². The van der Waals surface area contributed by atoms with Crippen molar-refractivity contribution in [3.05, 3.63) is 0 Å². The van der Waals surface area contributed by atoms with Gasteiger partial charge in [-0.15, -0.1) is 0 Å². The molecule has 1 unspecified atom stereocenters. The van der Waals surface area contributed by atoms with Crippen LogP contribution in [0.2, 0.25) is 0 Å². The summed E-state index contributed by atoms with van der Waals surface area (Å²) in [5, 5.41) is 6.16. The molecule has 0 aromatic carbocycles. The molecule has 1 amide bonds. The monoisotopic (exact) mass is 240 g/mol. The van der Waals surface area contributed by atoms with E-state index < -0.39 is 0 Å². The molecule has 3 heteroatoms. The molecule has 0 saturated heterocycles. The molecule has 2 N–H and O–H groups in total. The highest BCUT2D eigenvalue weighted by Gasteiger charge is 2.38. The lowest BCUT2D eigenvalue weighted by Gasteiger charge is -2.45. The normalized spacial score (nSPS) is 25.3. The van der Waals surface area contributed by atoms with Gasteiger partial charge in [-0.1, -0.05) is 27.7 Å². The van der Waals surface area contributed by atoms with E-state index >= 15 is 0 Å². The first-order valence-corrected chi connectivity index (χ1v) is 6.63. The number of hydrogen-bond donors (Lipinski definition) is 2. The minimum absolute atomic E-state index is 0.0752. The second-order valence-electron chi connectivity index (χ2n) is 7.11. The standard InChI is InChI=1S/C14H28N2O/c1-10(12(17)15-6)16-11-7-13(2,3)9-14(4,5)8-11/h10-11,16H,7-9H2,1-6H3,(H,15,17). The van der Waals surface area contributed by atoms with Crippen molar-refractivity contribution in [2.75, 3.05) is 7.05 Å². The number of likely N-dealkylation sites (N-methyl/N-ethyl adjacent to an activating group) is 1. The van der Waals surface area contributed by atoms with Gasteiger partial charge in [0, 0.05) is 13.1 Å². The minimum atomic E-state index is -0.102. The lowest BCUT2D eigenvalue weighted by molar-refractivity contribution is -0.122. The Balaban J connectivity index is 2.62. The SMILES string of the molecule is CNC(=O)C(C)NC1CC(C)(C)CC(C)(C)C1. The molecule has 17 heavy (non-hydrogen) atoms. The predicted molar refractivity (Wildman–Crippen MR) is 71.9 cm³/mol. The van der Waals surface area contributed by atoms with Crippen molar-refractivity contribution in [2.45, 2.75) is 66.0 Å². The summed E-state index contributed by atoms with van der Waals surface area (Å²) in [5.74, 6) is 0.0752. The maximum Gasteiger partial charge on any atom is 0.236 e. The Kier molecular flexibility index (Phi) is 4.23. The van der Waals surface area contributed by atoms with E-state index in [-0.39, 0.29) is 11.9 Å². The first-order chi connectivity index (χ1) is 7.65. The largest absolute Gasteiger partial charge is 0.358 e. The van der Waals surface area contributed by atoms with Gasteiger partial charge in [-0.25, -0.2) is 0 Å². The smallest absolute Gasteiger partial charge is 0.236 e. The van der Waals surface area contributed by atoms with Crippen molar-refractivity contribution >= 4 is 5.91 Å². The summed E-state index contributed by atoms with van der Waals surface area (Å²) in [5.41, 5.74) is 0.726. The molecule has 0 spiro atoms.